The third kappa shape index (κ3) is 2.41. The van der Waals surface area contributed by atoms with Gasteiger partial charge in [-0.15, -0.1) is 0 Å². The van der Waals surface area contributed by atoms with E-state index in [0.29, 0.717) is 5.92 Å². The summed E-state index contributed by atoms with van der Waals surface area (Å²) in [7, 11) is 0. The molecule has 0 saturated heterocycles. The number of nitrogens with two attached hydrogens (primary N) is 1. The number of unbranched alkanes of at least 4 members (excludes halogenated alkanes) is 1. The van der Waals surface area contributed by atoms with E-state index in [1.165, 1.54) is 25.0 Å². The van der Waals surface area contributed by atoms with Gasteiger partial charge in [0.05, 0.1) is 6.67 Å². The quantitative estimate of drug-likeness (QED) is 0.569. The van der Waals surface area contributed by atoms with Gasteiger partial charge in [-0.2, -0.15) is 0 Å². The zero-order valence-electron chi connectivity index (χ0n) is 7.77. The maximum absolute atomic E-state index is 5.68. The summed E-state index contributed by atoms with van der Waals surface area (Å²) in [6, 6.07) is 0. The topological polar surface area (TPSA) is 50.1 Å². The first-order chi connectivity index (χ1) is 5.88. The van der Waals surface area contributed by atoms with Crippen LogP contribution >= 0.6 is 0 Å². The van der Waals surface area contributed by atoms with Crippen molar-refractivity contribution < 1.29 is 0 Å². The summed E-state index contributed by atoms with van der Waals surface area (Å²) < 4.78 is 0. The fraction of sp³-hybridized carbons (Fsp3) is 0.778. The van der Waals surface area contributed by atoms with Crippen LogP contribution in [-0.2, 0) is 0 Å². The zero-order valence-corrected chi connectivity index (χ0v) is 7.77. The van der Waals surface area contributed by atoms with E-state index >= 15 is 0 Å². The van der Waals surface area contributed by atoms with Crippen LogP contribution in [0.3, 0.4) is 0 Å². The first-order valence-electron chi connectivity index (χ1n) is 4.75. The van der Waals surface area contributed by atoms with Gasteiger partial charge in [-0.05, 0) is 6.42 Å². The Labute approximate surface area is 74.4 Å². The third-order valence-electron chi connectivity index (χ3n) is 2.28. The largest absolute Gasteiger partial charge is 0.372 e. The summed E-state index contributed by atoms with van der Waals surface area (Å²) in [6.45, 7) is 3.82. The van der Waals surface area contributed by atoms with Crippen LogP contribution in [0.4, 0.5) is 0 Å². The van der Waals surface area contributed by atoms with Crippen LogP contribution in [0.2, 0.25) is 0 Å². The molecular formula is C9H19N3. The van der Waals surface area contributed by atoms with Crippen molar-refractivity contribution in [2.24, 2.45) is 11.7 Å². The van der Waals surface area contributed by atoms with E-state index in [9.17, 15) is 0 Å². The summed E-state index contributed by atoms with van der Waals surface area (Å²) in [6.07, 6.45) is 5.76. The number of nitrogens with one attached hydrogen (secondary N) is 2. The van der Waals surface area contributed by atoms with Gasteiger partial charge in [0.25, 0.3) is 0 Å². The van der Waals surface area contributed by atoms with Crippen LogP contribution in [-0.4, -0.2) is 13.2 Å². The highest BCUT2D eigenvalue weighted by atomic mass is 15.1. The van der Waals surface area contributed by atoms with Crippen LogP contribution < -0.4 is 16.4 Å². The molecule has 1 rings (SSSR count). The van der Waals surface area contributed by atoms with Gasteiger partial charge < -0.3 is 16.4 Å². The predicted molar refractivity (Wildman–Crippen MR) is 51.3 cm³/mol. The Kier molecular flexibility index (Phi) is 3.94. The first kappa shape index (κ1) is 9.39. The average molecular weight is 169 g/mol. The Morgan fingerprint density at radius 1 is 1.67 bits per heavy atom. The molecule has 0 radical (unpaired) electrons. The molecule has 1 aliphatic rings. The van der Waals surface area contributed by atoms with Crippen molar-refractivity contribution in [3.63, 3.8) is 0 Å². The second kappa shape index (κ2) is 5.04. The van der Waals surface area contributed by atoms with Gasteiger partial charge >= 0.3 is 0 Å². The molecule has 0 amide bonds. The lowest BCUT2D eigenvalue weighted by molar-refractivity contribution is 0.515. The fourth-order valence-electron chi connectivity index (χ4n) is 1.48. The SMILES string of the molecule is CCCCC(CN)C1=CNCN1. The first-order valence-corrected chi connectivity index (χ1v) is 4.75. The molecule has 3 nitrogen and oxygen atoms in total. The van der Waals surface area contributed by atoms with E-state index in [4.69, 9.17) is 5.73 Å². The van der Waals surface area contributed by atoms with E-state index in [-0.39, 0.29) is 0 Å². The van der Waals surface area contributed by atoms with Crippen LogP contribution in [0, 0.1) is 5.92 Å². The molecule has 0 aromatic heterocycles. The lowest BCUT2D eigenvalue weighted by Gasteiger charge is -2.15. The highest BCUT2D eigenvalue weighted by Crippen LogP contribution is 2.15. The molecule has 0 spiro atoms. The molecule has 0 aromatic carbocycles. The summed E-state index contributed by atoms with van der Waals surface area (Å²) in [5.41, 5.74) is 6.97. The highest BCUT2D eigenvalue weighted by Gasteiger charge is 2.13. The van der Waals surface area contributed by atoms with Crippen molar-refractivity contribution in [2.45, 2.75) is 26.2 Å². The van der Waals surface area contributed by atoms with Gasteiger partial charge in [0.15, 0.2) is 0 Å². The molecule has 0 aromatic rings. The molecule has 3 heteroatoms. The van der Waals surface area contributed by atoms with Crippen LogP contribution in [0.15, 0.2) is 11.9 Å². The molecule has 0 aliphatic carbocycles. The van der Waals surface area contributed by atoms with Crippen molar-refractivity contribution in [1.82, 2.24) is 10.6 Å². The molecule has 1 atom stereocenters. The summed E-state index contributed by atoms with van der Waals surface area (Å²) in [4.78, 5) is 0. The molecule has 4 N–H and O–H groups in total. The monoisotopic (exact) mass is 169 g/mol. The van der Waals surface area contributed by atoms with Crippen molar-refractivity contribution in [3.05, 3.63) is 11.9 Å². The van der Waals surface area contributed by atoms with Crippen LogP contribution in [0.25, 0.3) is 0 Å². The molecular weight excluding hydrogens is 150 g/mol. The van der Waals surface area contributed by atoms with Gasteiger partial charge in [0.1, 0.15) is 0 Å². The molecule has 0 fully saturated rings. The molecule has 12 heavy (non-hydrogen) atoms. The zero-order chi connectivity index (χ0) is 8.81. The van der Waals surface area contributed by atoms with Crippen molar-refractivity contribution in [1.29, 1.82) is 0 Å². The highest BCUT2D eigenvalue weighted by molar-refractivity contribution is 5.08. The minimum Gasteiger partial charge on any atom is -0.372 e. The maximum Gasteiger partial charge on any atom is 0.0843 e. The average Bonchev–Trinajstić information content (AvgIpc) is 2.59. The van der Waals surface area contributed by atoms with Crippen molar-refractivity contribution >= 4 is 0 Å². The third-order valence-corrected chi connectivity index (χ3v) is 2.28. The number of rotatable bonds is 5. The van der Waals surface area contributed by atoms with Crippen molar-refractivity contribution in [2.75, 3.05) is 13.2 Å². The summed E-state index contributed by atoms with van der Waals surface area (Å²) in [5, 5.41) is 6.42. The minimum absolute atomic E-state index is 0.528. The fourth-order valence-corrected chi connectivity index (χ4v) is 1.48. The number of hydrogen-bond acceptors (Lipinski definition) is 3. The van der Waals surface area contributed by atoms with E-state index in [0.717, 1.165) is 13.2 Å². The predicted octanol–water partition coefficient (Wildman–Crippen LogP) is 0.743. The van der Waals surface area contributed by atoms with Gasteiger partial charge in [-0.25, -0.2) is 0 Å². The maximum atomic E-state index is 5.68. The van der Waals surface area contributed by atoms with Gasteiger partial charge in [-0.3, -0.25) is 0 Å². The van der Waals surface area contributed by atoms with Gasteiger partial charge in [0.2, 0.25) is 0 Å². The Balaban J connectivity index is 2.33. The molecule has 0 bridgehead atoms. The molecule has 1 unspecified atom stereocenters. The normalized spacial score (nSPS) is 18.0. The second-order valence-corrected chi connectivity index (χ2v) is 3.23. The Morgan fingerprint density at radius 3 is 3.00 bits per heavy atom. The lowest BCUT2D eigenvalue weighted by Crippen LogP contribution is -2.24. The Morgan fingerprint density at radius 2 is 2.50 bits per heavy atom. The van der Waals surface area contributed by atoms with Crippen LogP contribution in [0.5, 0.6) is 0 Å². The van der Waals surface area contributed by atoms with Gasteiger partial charge in [0, 0.05) is 24.4 Å². The second-order valence-electron chi connectivity index (χ2n) is 3.23. The molecule has 1 heterocycles. The summed E-state index contributed by atoms with van der Waals surface area (Å²) in [5.74, 6) is 0.528. The Hall–Kier alpha value is -0.700. The lowest BCUT2D eigenvalue weighted by atomic mass is 9.99. The Bertz CT molecular complexity index is 154. The standard InChI is InChI=1S/C9H19N3/c1-2-3-4-8(5-10)9-6-11-7-12-9/h6,8,11-12H,2-5,7,10H2,1H3. The van der Waals surface area contributed by atoms with E-state index in [2.05, 4.69) is 17.6 Å². The summed E-state index contributed by atoms with van der Waals surface area (Å²) >= 11 is 0. The molecule has 0 saturated carbocycles. The van der Waals surface area contributed by atoms with Crippen molar-refractivity contribution in [3.8, 4) is 0 Å². The van der Waals surface area contributed by atoms with Crippen LogP contribution in [0.1, 0.15) is 26.2 Å². The van der Waals surface area contributed by atoms with E-state index in [1.807, 2.05) is 6.20 Å². The van der Waals surface area contributed by atoms with E-state index < -0.39 is 0 Å². The number of hydrogen-bond donors (Lipinski definition) is 3. The minimum atomic E-state index is 0.528. The molecule has 1 aliphatic heterocycles. The molecule has 70 valence electrons. The smallest absolute Gasteiger partial charge is 0.0843 e. The van der Waals surface area contributed by atoms with E-state index in [1.54, 1.807) is 0 Å². The van der Waals surface area contributed by atoms with Gasteiger partial charge in [-0.1, -0.05) is 19.8 Å².